The first-order chi connectivity index (χ1) is 17.0. The Labute approximate surface area is 205 Å². The fraction of sp³-hybridized carbons (Fsp3) is 0.429. The monoisotopic (exact) mass is 468 g/mol. The van der Waals surface area contributed by atoms with Gasteiger partial charge in [-0.15, -0.1) is 5.10 Å². The zero-order valence-corrected chi connectivity index (χ0v) is 20.7. The van der Waals surface area contributed by atoms with E-state index < -0.39 is 0 Å². The van der Waals surface area contributed by atoms with Crippen LogP contribution in [0, 0.1) is 13.8 Å². The average Bonchev–Trinajstić information content (AvgIpc) is 3.46. The number of para-hydroxylation sites is 1. The molecule has 6 rings (SSSR count). The number of nitrogens with one attached hydrogen (secondary N) is 1. The first-order valence-corrected chi connectivity index (χ1v) is 12.8. The van der Waals surface area contributed by atoms with E-state index in [0.29, 0.717) is 5.56 Å². The van der Waals surface area contributed by atoms with E-state index in [2.05, 4.69) is 88.6 Å². The van der Waals surface area contributed by atoms with E-state index in [1.54, 1.807) is 0 Å². The van der Waals surface area contributed by atoms with Gasteiger partial charge < -0.3 is 9.88 Å². The number of nitrogens with zero attached hydrogens (tertiary/aromatic N) is 5. The zero-order chi connectivity index (χ0) is 24.1. The van der Waals surface area contributed by atoms with Crippen molar-refractivity contribution in [1.82, 2.24) is 25.2 Å². The van der Waals surface area contributed by atoms with Crippen molar-refractivity contribution in [2.45, 2.75) is 77.4 Å². The third kappa shape index (κ3) is 3.74. The maximum Gasteiger partial charge on any atom is 0.254 e. The number of aromatic amines is 1. The lowest BCUT2D eigenvalue weighted by atomic mass is 9.94. The number of aromatic nitrogens is 5. The molecule has 0 radical (unpaired) electrons. The minimum atomic E-state index is -0.375. The number of rotatable bonds is 4. The maximum atomic E-state index is 13.7. The van der Waals surface area contributed by atoms with E-state index in [1.165, 1.54) is 36.0 Å². The van der Waals surface area contributed by atoms with Crippen molar-refractivity contribution in [3.63, 3.8) is 0 Å². The number of pyridine rings is 1. The van der Waals surface area contributed by atoms with Crippen molar-refractivity contribution >= 4 is 16.6 Å². The Balaban J connectivity index is 1.57. The molecule has 2 atom stereocenters. The van der Waals surface area contributed by atoms with E-state index in [9.17, 15) is 4.79 Å². The Morgan fingerprint density at radius 1 is 1.03 bits per heavy atom. The van der Waals surface area contributed by atoms with Crippen molar-refractivity contribution in [1.29, 1.82) is 0 Å². The molecule has 4 aromatic rings. The predicted octanol–water partition coefficient (Wildman–Crippen LogP) is 5.18. The Bertz CT molecular complexity index is 1450. The lowest BCUT2D eigenvalue weighted by Crippen LogP contribution is -2.39. The number of aryl methyl sites for hydroxylation is 2. The number of hydrogen-bond donors (Lipinski definition) is 1. The summed E-state index contributed by atoms with van der Waals surface area (Å²) in [6.45, 7) is 6.41. The second-order valence-electron chi connectivity index (χ2n) is 10.3. The minimum Gasteiger partial charge on any atom is -0.354 e. The average molecular weight is 469 g/mol. The molecule has 2 aliphatic rings. The summed E-state index contributed by atoms with van der Waals surface area (Å²) in [5.74, 6) is 0.758. The number of H-pyrrole nitrogens is 1. The fourth-order valence-electron chi connectivity index (χ4n) is 6.06. The largest absolute Gasteiger partial charge is 0.354 e. The van der Waals surface area contributed by atoms with Gasteiger partial charge in [0.25, 0.3) is 5.56 Å². The van der Waals surface area contributed by atoms with Crippen LogP contribution >= 0.6 is 0 Å². The van der Waals surface area contributed by atoms with Gasteiger partial charge in [-0.25, -0.2) is 4.68 Å². The summed E-state index contributed by atoms with van der Waals surface area (Å²) in [6, 6.07) is 14.9. The van der Waals surface area contributed by atoms with Crippen molar-refractivity contribution in [3.8, 4) is 0 Å². The van der Waals surface area contributed by atoms with Crippen LogP contribution in [0.5, 0.6) is 0 Å². The topological polar surface area (TPSA) is 79.7 Å². The predicted molar refractivity (Wildman–Crippen MR) is 138 cm³/mol. The summed E-state index contributed by atoms with van der Waals surface area (Å²) in [5, 5.41) is 14.2. The lowest BCUT2D eigenvalue weighted by molar-refractivity contribution is 0.312. The van der Waals surface area contributed by atoms with Gasteiger partial charge in [0, 0.05) is 22.8 Å². The molecule has 1 aliphatic carbocycles. The minimum absolute atomic E-state index is 0.0828. The molecule has 2 aromatic heterocycles. The second-order valence-corrected chi connectivity index (χ2v) is 10.3. The van der Waals surface area contributed by atoms with Crippen LogP contribution < -0.4 is 10.5 Å². The number of fused-ring (bicyclic) bond motifs is 2. The standard InChI is InChI=1S/C28H32N6O/c1-17-13-21-16-23(28(35)29-24(21)14-18(17)2)26(33-19(3)15-20-9-7-8-12-25(20)33)27-30-31-32-34(27)22-10-5-4-6-11-22/h7-9,12-14,16,19,22,26H,4-6,10-11,15H2,1-3H3,(H,29,35)/t19-,26-/m1/s1. The number of benzene rings is 2. The van der Waals surface area contributed by atoms with Crippen LogP contribution in [0.1, 0.15) is 79.2 Å². The molecule has 1 fully saturated rings. The lowest BCUT2D eigenvalue weighted by Gasteiger charge is -2.34. The van der Waals surface area contributed by atoms with Crippen molar-refractivity contribution in [2.75, 3.05) is 4.90 Å². The highest BCUT2D eigenvalue weighted by molar-refractivity contribution is 5.81. The van der Waals surface area contributed by atoms with Gasteiger partial charge in [0.15, 0.2) is 5.82 Å². The quantitative estimate of drug-likeness (QED) is 0.447. The molecule has 2 aromatic carbocycles. The van der Waals surface area contributed by atoms with Gasteiger partial charge in [-0.05, 0) is 96.8 Å². The van der Waals surface area contributed by atoms with Gasteiger partial charge in [-0.3, -0.25) is 4.79 Å². The molecule has 7 heteroatoms. The van der Waals surface area contributed by atoms with Crippen molar-refractivity contribution in [3.05, 3.63) is 80.9 Å². The summed E-state index contributed by atoms with van der Waals surface area (Å²) in [5.41, 5.74) is 6.30. The normalized spacial score (nSPS) is 19.3. The first-order valence-electron chi connectivity index (χ1n) is 12.8. The first kappa shape index (κ1) is 22.0. The summed E-state index contributed by atoms with van der Waals surface area (Å²) in [4.78, 5) is 19.2. The molecular weight excluding hydrogens is 436 g/mol. The van der Waals surface area contributed by atoms with Crippen LogP contribution in [0.25, 0.3) is 10.9 Å². The third-order valence-corrected chi connectivity index (χ3v) is 8.00. The molecule has 7 nitrogen and oxygen atoms in total. The van der Waals surface area contributed by atoms with E-state index in [0.717, 1.165) is 41.7 Å². The molecular formula is C28H32N6O. The zero-order valence-electron chi connectivity index (χ0n) is 20.7. The van der Waals surface area contributed by atoms with Crippen LogP contribution in [-0.4, -0.2) is 31.2 Å². The van der Waals surface area contributed by atoms with Gasteiger partial charge in [0.2, 0.25) is 0 Å². The van der Waals surface area contributed by atoms with E-state index in [4.69, 9.17) is 0 Å². The summed E-state index contributed by atoms with van der Waals surface area (Å²) >= 11 is 0. The third-order valence-electron chi connectivity index (χ3n) is 8.00. The van der Waals surface area contributed by atoms with E-state index >= 15 is 0 Å². The van der Waals surface area contributed by atoms with Gasteiger partial charge in [0.1, 0.15) is 6.04 Å². The molecule has 0 bridgehead atoms. The Morgan fingerprint density at radius 3 is 2.63 bits per heavy atom. The highest BCUT2D eigenvalue weighted by Crippen LogP contribution is 2.41. The van der Waals surface area contributed by atoms with Crippen LogP contribution in [0.3, 0.4) is 0 Å². The SMILES string of the molecule is Cc1cc2cc([C@H](c3nnnn3C3CCCCC3)N3c4ccccc4C[C@H]3C)c(=O)[nH]c2cc1C. The molecule has 35 heavy (non-hydrogen) atoms. The van der Waals surface area contributed by atoms with Crippen LogP contribution in [-0.2, 0) is 6.42 Å². The van der Waals surface area contributed by atoms with Crippen molar-refractivity contribution < 1.29 is 0 Å². The van der Waals surface area contributed by atoms with E-state index in [1.807, 2.05) is 4.68 Å². The van der Waals surface area contributed by atoms with Crippen molar-refractivity contribution in [2.24, 2.45) is 0 Å². The molecule has 1 aliphatic heterocycles. The molecule has 0 saturated heterocycles. The molecule has 1 saturated carbocycles. The summed E-state index contributed by atoms with van der Waals surface area (Å²) < 4.78 is 2.02. The summed E-state index contributed by atoms with van der Waals surface area (Å²) in [6.07, 6.45) is 6.71. The number of anilines is 1. The fourth-order valence-corrected chi connectivity index (χ4v) is 6.06. The van der Waals surface area contributed by atoms with Crippen LogP contribution in [0.4, 0.5) is 5.69 Å². The Morgan fingerprint density at radius 2 is 1.80 bits per heavy atom. The second kappa shape index (κ2) is 8.63. The molecule has 0 spiro atoms. The molecule has 1 N–H and O–H groups in total. The smallest absolute Gasteiger partial charge is 0.254 e. The summed E-state index contributed by atoms with van der Waals surface area (Å²) in [7, 11) is 0. The van der Waals surface area contributed by atoms with Gasteiger partial charge in [0.05, 0.1) is 6.04 Å². The molecule has 3 heterocycles. The highest BCUT2D eigenvalue weighted by Gasteiger charge is 2.38. The van der Waals surface area contributed by atoms with Crippen LogP contribution in [0.15, 0.2) is 47.3 Å². The van der Waals surface area contributed by atoms with Gasteiger partial charge >= 0.3 is 0 Å². The Hall–Kier alpha value is -3.48. The van der Waals surface area contributed by atoms with Gasteiger partial charge in [-0.1, -0.05) is 37.5 Å². The van der Waals surface area contributed by atoms with E-state index in [-0.39, 0.29) is 23.7 Å². The highest BCUT2D eigenvalue weighted by atomic mass is 16.1. The number of tetrazole rings is 1. The molecule has 180 valence electrons. The van der Waals surface area contributed by atoms with Crippen LogP contribution in [0.2, 0.25) is 0 Å². The Kier molecular flexibility index (Phi) is 5.43. The number of hydrogen-bond acceptors (Lipinski definition) is 5. The van der Waals surface area contributed by atoms with Gasteiger partial charge in [-0.2, -0.15) is 0 Å². The molecule has 0 unspecified atom stereocenters. The maximum absolute atomic E-state index is 13.7. The molecule has 0 amide bonds.